The molecule has 100 valence electrons. The lowest BCUT2D eigenvalue weighted by molar-refractivity contribution is -0.141. The van der Waals surface area contributed by atoms with Crippen LogP contribution >= 0.6 is 22.9 Å². The van der Waals surface area contributed by atoms with E-state index in [0.29, 0.717) is 11.8 Å². The van der Waals surface area contributed by atoms with Crippen molar-refractivity contribution in [1.29, 1.82) is 0 Å². The summed E-state index contributed by atoms with van der Waals surface area (Å²) in [6.07, 6.45) is 0.917. The summed E-state index contributed by atoms with van der Waals surface area (Å²) in [6, 6.07) is -0.162. The van der Waals surface area contributed by atoms with Gasteiger partial charge in [-0.25, -0.2) is 4.98 Å². The molecule has 5 nitrogen and oxygen atoms in total. The summed E-state index contributed by atoms with van der Waals surface area (Å²) in [7, 11) is 0. The van der Waals surface area contributed by atoms with Crippen molar-refractivity contribution < 1.29 is 14.6 Å². The van der Waals surface area contributed by atoms with Gasteiger partial charge in [-0.15, -0.1) is 11.3 Å². The number of anilines is 1. The number of ether oxygens (including phenoxy) is 1. The summed E-state index contributed by atoms with van der Waals surface area (Å²) in [5.74, 6) is -1.32. The molecule has 1 aromatic heterocycles. The Morgan fingerprint density at radius 3 is 3.06 bits per heavy atom. The number of rotatable bonds is 5. The Morgan fingerprint density at radius 1 is 1.72 bits per heavy atom. The molecule has 18 heavy (non-hydrogen) atoms. The molecule has 2 heterocycles. The lowest BCUT2D eigenvalue weighted by atomic mass is 10.0. The van der Waals surface area contributed by atoms with Crippen LogP contribution in [0.4, 0.5) is 5.13 Å². The van der Waals surface area contributed by atoms with Crippen molar-refractivity contribution in [3.8, 4) is 0 Å². The van der Waals surface area contributed by atoms with Gasteiger partial charge in [-0.05, 0) is 6.42 Å². The van der Waals surface area contributed by atoms with Crippen molar-refractivity contribution in [3.05, 3.63) is 10.5 Å². The highest BCUT2D eigenvalue weighted by Crippen LogP contribution is 2.30. The van der Waals surface area contributed by atoms with Gasteiger partial charge in [-0.1, -0.05) is 18.5 Å². The van der Waals surface area contributed by atoms with Crippen molar-refractivity contribution in [2.75, 3.05) is 24.7 Å². The Hall–Kier alpha value is -0.850. The molecule has 2 unspecified atom stereocenters. The molecule has 1 saturated heterocycles. The van der Waals surface area contributed by atoms with E-state index in [1.807, 2.05) is 11.8 Å². The first kappa shape index (κ1) is 13.6. The second kappa shape index (κ2) is 5.86. The molecule has 2 rings (SSSR count). The summed E-state index contributed by atoms with van der Waals surface area (Å²) in [5.41, 5.74) is 0. The van der Waals surface area contributed by atoms with Gasteiger partial charge in [0.05, 0.1) is 19.3 Å². The molecule has 0 bridgehead atoms. The maximum Gasteiger partial charge on any atom is 0.311 e. The zero-order chi connectivity index (χ0) is 13.1. The highest BCUT2D eigenvalue weighted by atomic mass is 35.5. The SMILES string of the molecule is CCCN(c1nc(Cl)cs1)C1COCC1C(=O)O. The van der Waals surface area contributed by atoms with Gasteiger partial charge in [0.2, 0.25) is 0 Å². The van der Waals surface area contributed by atoms with E-state index < -0.39 is 11.9 Å². The van der Waals surface area contributed by atoms with E-state index in [-0.39, 0.29) is 12.6 Å². The second-order valence-electron chi connectivity index (χ2n) is 4.20. The Balaban J connectivity index is 2.21. The van der Waals surface area contributed by atoms with Gasteiger partial charge >= 0.3 is 5.97 Å². The van der Waals surface area contributed by atoms with Crippen LogP contribution in [0.25, 0.3) is 0 Å². The van der Waals surface area contributed by atoms with Gasteiger partial charge in [-0.2, -0.15) is 0 Å². The predicted octanol–water partition coefficient (Wildman–Crippen LogP) is 2.11. The topological polar surface area (TPSA) is 62.7 Å². The maximum atomic E-state index is 11.2. The van der Waals surface area contributed by atoms with Crippen LogP contribution in [0.2, 0.25) is 5.15 Å². The van der Waals surface area contributed by atoms with Crippen LogP contribution in [0.15, 0.2) is 5.38 Å². The predicted molar refractivity (Wildman–Crippen MR) is 70.5 cm³/mol. The van der Waals surface area contributed by atoms with Gasteiger partial charge < -0.3 is 14.7 Å². The molecular formula is C11H15ClN2O3S. The molecule has 7 heteroatoms. The highest BCUT2D eigenvalue weighted by molar-refractivity contribution is 7.14. The van der Waals surface area contributed by atoms with Gasteiger partial charge in [0.15, 0.2) is 5.13 Å². The zero-order valence-electron chi connectivity index (χ0n) is 10.0. The van der Waals surface area contributed by atoms with Crippen LogP contribution in [0.1, 0.15) is 13.3 Å². The number of hydrogen-bond donors (Lipinski definition) is 1. The van der Waals surface area contributed by atoms with Crippen LogP contribution in [-0.2, 0) is 9.53 Å². The molecule has 1 aliphatic heterocycles. The van der Waals surface area contributed by atoms with Crippen molar-refractivity contribution in [2.24, 2.45) is 5.92 Å². The lowest BCUT2D eigenvalue weighted by Gasteiger charge is -2.29. The Labute approximate surface area is 114 Å². The molecule has 1 aromatic rings. The zero-order valence-corrected chi connectivity index (χ0v) is 11.6. The standard InChI is InChI=1S/C11H15ClN2O3S/c1-2-3-14(11-13-9(12)6-18-11)8-5-17-4-7(8)10(15)16/h6-8H,2-5H2,1H3,(H,15,16). The van der Waals surface area contributed by atoms with E-state index >= 15 is 0 Å². The number of nitrogens with zero attached hydrogens (tertiary/aromatic N) is 2. The van der Waals surface area contributed by atoms with E-state index in [1.165, 1.54) is 11.3 Å². The molecule has 0 spiro atoms. The second-order valence-corrected chi connectivity index (χ2v) is 5.42. The molecule has 2 atom stereocenters. The first-order valence-electron chi connectivity index (χ1n) is 5.81. The summed E-state index contributed by atoms with van der Waals surface area (Å²) in [5, 5.41) is 12.2. The Bertz CT molecular complexity index is 426. The van der Waals surface area contributed by atoms with Crippen molar-refractivity contribution in [3.63, 3.8) is 0 Å². The van der Waals surface area contributed by atoms with Crippen LogP contribution in [0, 0.1) is 5.92 Å². The minimum Gasteiger partial charge on any atom is -0.481 e. The first-order valence-corrected chi connectivity index (χ1v) is 7.07. The molecule has 1 fully saturated rings. The fourth-order valence-electron chi connectivity index (χ4n) is 2.11. The molecule has 0 aliphatic carbocycles. The molecule has 0 saturated carbocycles. The van der Waals surface area contributed by atoms with Crippen LogP contribution in [0.5, 0.6) is 0 Å². The maximum absolute atomic E-state index is 11.2. The van der Waals surface area contributed by atoms with Crippen molar-refractivity contribution in [2.45, 2.75) is 19.4 Å². The van der Waals surface area contributed by atoms with Crippen molar-refractivity contribution >= 4 is 34.0 Å². The lowest BCUT2D eigenvalue weighted by Crippen LogP contribution is -2.43. The van der Waals surface area contributed by atoms with Crippen LogP contribution in [-0.4, -0.2) is 41.9 Å². The van der Waals surface area contributed by atoms with Gasteiger partial charge in [-0.3, -0.25) is 4.79 Å². The molecule has 0 radical (unpaired) electrons. The minimum atomic E-state index is -0.818. The van der Waals surface area contributed by atoms with Gasteiger partial charge in [0.1, 0.15) is 11.1 Å². The van der Waals surface area contributed by atoms with Crippen LogP contribution < -0.4 is 4.90 Å². The summed E-state index contributed by atoms with van der Waals surface area (Å²) < 4.78 is 5.31. The highest BCUT2D eigenvalue weighted by Gasteiger charge is 2.38. The Morgan fingerprint density at radius 2 is 2.50 bits per heavy atom. The first-order chi connectivity index (χ1) is 8.63. The number of aromatic nitrogens is 1. The fourth-order valence-corrected chi connectivity index (χ4v) is 3.14. The summed E-state index contributed by atoms with van der Waals surface area (Å²) in [4.78, 5) is 17.4. The van der Waals surface area contributed by atoms with E-state index in [9.17, 15) is 9.90 Å². The Kier molecular flexibility index (Phi) is 4.42. The number of carboxylic acid groups (broad SMARTS) is 1. The smallest absolute Gasteiger partial charge is 0.311 e. The number of carbonyl (C=O) groups is 1. The number of thiazole rings is 1. The quantitative estimate of drug-likeness (QED) is 0.900. The number of aliphatic carboxylic acids is 1. The average molecular weight is 291 g/mol. The van der Waals surface area contributed by atoms with E-state index in [4.69, 9.17) is 16.3 Å². The van der Waals surface area contributed by atoms with Crippen LogP contribution in [0.3, 0.4) is 0 Å². The largest absolute Gasteiger partial charge is 0.481 e. The molecule has 1 aliphatic rings. The van der Waals surface area contributed by atoms with Crippen molar-refractivity contribution in [1.82, 2.24) is 4.98 Å². The number of carboxylic acids is 1. The fraction of sp³-hybridized carbons (Fsp3) is 0.636. The minimum absolute atomic E-state index is 0.162. The van der Waals surface area contributed by atoms with Gasteiger partial charge in [0.25, 0.3) is 0 Å². The number of hydrogen-bond acceptors (Lipinski definition) is 5. The third kappa shape index (κ3) is 2.76. The molecule has 0 aromatic carbocycles. The number of halogens is 1. The third-order valence-corrected chi connectivity index (χ3v) is 4.14. The third-order valence-electron chi connectivity index (χ3n) is 2.94. The average Bonchev–Trinajstić information content (AvgIpc) is 2.94. The van der Waals surface area contributed by atoms with Gasteiger partial charge in [0, 0.05) is 11.9 Å². The monoisotopic (exact) mass is 290 g/mol. The summed E-state index contributed by atoms with van der Waals surface area (Å²) in [6.45, 7) is 3.49. The normalized spacial score (nSPS) is 23.2. The summed E-state index contributed by atoms with van der Waals surface area (Å²) >= 11 is 7.27. The molecular weight excluding hydrogens is 276 g/mol. The molecule has 0 amide bonds. The van der Waals surface area contributed by atoms with E-state index in [0.717, 1.165) is 18.1 Å². The van der Waals surface area contributed by atoms with E-state index in [2.05, 4.69) is 4.98 Å². The molecule has 1 N–H and O–H groups in total. The van der Waals surface area contributed by atoms with E-state index in [1.54, 1.807) is 5.38 Å².